The Hall–Kier alpha value is -1.51. The first-order chi connectivity index (χ1) is 8.44. The Labute approximate surface area is 107 Å². The van der Waals surface area contributed by atoms with Crippen LogP contribution >= 0.6 is 0 Å². The molecule has 0 saturated heterocycles. The molecule has 1 aliphatic heterocycles. The summed E-state index contributed by atoms with van der Waals surface area (Å²) >= 11 is 0. The quantitative estimate of drug-likeness (QED) is 0.828. The highest BCUT2D eigenvalue weighted by molar-refractivity contribution is 5.81. The Morgan fingerprint density at radius 1 is 1.39 bits per heavy atom. The molecule has 1 saturated carbocycles. The third-order valence-electron chi connectivity index (χ3n) is 5.01. The van der Waals surface area contributed by atoms with Crippen molar-refractivity contribution >= 4 is 5.97 Å². The number of para-hydroxylation sites is 1. The van der Waals surface area contributed by atoms with Crippen molar-refractivity contribution < 1.29 is 14.6 Å². The first kappa shape index (κ1) is 11.6. The van der Waals surface area contributed by atoms with Gasteiger partial charge in [0.05, 0.1) is 12.5 Å². The fourth-order valence-electron chi connectivity index (χ4n) is 4.27. The number of carboxylic acids is 1. The molecule has 1 aromatic rings. The van der Waals surface area contributed by atoms with Crippen molar-refractivity contribution in [3.05, 3.63) is 29.8 Å². The van der Waals surface area contributed by atoms with Crippen molar-refractivity contribution in [3.8, 4) is 5.75 Å². The largest absolute Gasteiger partial charge is 0.493 e. The molecule has 2 aliphatic rings. The zero-order valence-electron chi connectivity index (χ0n) is 10.9. The van der Waals surface area contributed by atoms with Gasteiger partial charge < -0.3 is 9.84 Å². The van der Waals surface area contributed by atoms with E-state index < -0.39 is 5.97 Å². The van der Waals surface area contributed by atoms with Gasteiger partial charge in [-0.15, -0.1) is 0 Å². The normalized spacial score (nSPS) is 35.7. The minimum Gasteiger partial charge on any atom is -0.493 e. The zero-order valence-corrected chi connectivity index (χ0v) is 10.9. The second-order valence-corrected chi connectivity index (χ2v) is 6.07. The molecule has 18 heavy (non-hydrogen) atoms. The number of carboxylic acid groups (broad SMARTS) is 1. The number of benzene rings is 1. The van der Waals surface area contributed by atoms with Crippen molar-refractivity contribution in [1.82, 2.24) is 0 Å². The lowest BCUT2D eigenvalue weighted by atomic mass is 9.76. The van der Waals surface area contributed by atoms with Crippen LogP contribution in [0.1, 0.15) is 26.3 Å². The maximum atomic E-state index is 11.6. The van der Waals surface area contributed by atoms with E-state index in [9.17, 15) is 9.90 Å². The van der Waals surface area contributed by atoms with Crippen LogP contribution in [0.5, 0.6) is 5.75 Å². The van der Waals surface area contributed by atoms with Crippen molar-refractivity contribution in [2.75, 3.05) is 6.61 Å². The average Bonchev–Trinajstić information content (AvgIpc) is 2.83. The van der Waals surface area contributed by atoms with Crippen LogP contribution in [-0.4, -0.2) is 17.7 Å². The molecule has 3 atom stereocenters. The summed E-state index contributed by atoms with van der Waals surface area (Å²) < 4.78 is 5.74. The fourth-order valence-corrected chi connectivity index (χ4v) is 4.27. The van der Waals surface area contributed by atoms with Crippen molar-refractivity contribution in [3.63, 3.8) is 0 Å². The third kappa shape index (κ3) is 1.08. The highest BCUT2D eigenvalue weighted by Gasteiger charge is 2.78. The van der Waals surface area contributed by atoms with Gasteiger partial charge >= 0.3 is 5.97 Å². The third-order valence-corrected chi connectivity index (χ3v) is 5.01. The second-order valence-electron chi connectivity index (χ2n) is 6.07. The van der Waals surface area contributed by atoms with E-state index in [4.69, 9.17) is 4.74 Å². The molecule has 96 valence electrons. The molecule has 0 radical (unpaired) electrons. The summed E-state index contributed by atoms with van der Waals surface area (Å²) in [4.78, 5) is 11.6. The molecule has 3 rings (SSSR count). The molecule has 1 aromatic carbocycles. The van der Waals surface area contributed by atoms with Crippen LogP contribution in [0.4, 0.5) is 0 Å². The Bertz CT molecular complexity index is 520. The maximum absolute atomic E-state index is 11.6. The molecule has 3 unspecified atom stereocenters. The predicted octanol–water partition coefficient (Wildman–Crippen LogP) is 2.69. The lowest BCUT2D eigenvalue weighted by Crippen LogP contribution is -2.34. The number of aliphatic carboxylic acids is 1. The van der Waals surface area contributed by atoms with E-state index in [-0.39, 0.29) is 22.7 Å². The van der Waals surface area contributed by atoms with Gasteiger partial charge in [0.15, 0.2) is 0 Å². The van der Waals surface area contributed by atoms with E-state index in [1.807, 2.05) is 24.3 Å². The van der Waals surface area contributed by atoms with Crippen molar-refractivity contribution in [2.24, 2.45) is 17.3 Å². The number of carbonyl (C=O) groups is 1. The van der Waals surface area contributed by atoms with E-state index in [1.165, 1.54) is 0 Å². The molecular formula is C15H18O3. The Balaban J connectivity index is 2.21. The van der Waals surface area contributed by atoms with Crippen LogP contribution in [0.3, 0.4) is 0 Å². The van der Waals surface area contributed by atoms with Crippen LogP contribution in [0, 0.1) is 17.3 Å². The van der Waals surface area contributed by atoms with Crippen LogP contribution in [0.15, 0.2) is 24.3 Å². The molecule has 3 nitrogen and oxygen atoms in total. The lowest BCUT2D eigenvalue weighted by molar-refractivity contribution is -0.139. The maximum Gasteiger partial charge on any atom is 0.308 e. The van der Waals surface area contributed by atoms with Gasteiger partial charge in [-0.2, -0.15) is 0 Å². The molecule has 0 aromatic heterocycles. The summed E-state index contributed by atoms with van der Waals surface area (Å²) in [6.45, 7) is 6.82. The molecular weight excluding hydrogens is 228 g/mol. The van der Waals surface area contributed by atoms with Crippen molar-refractivity contribution in [2.45, 2.75) is 26.2 Å². The summed E-state index contributed by atoms with van der Waals surface area (Å²) in [6, 6.07) is 7.87. The number of rotatable bonds is 1. The number of hydrogen-bond acceptors (Lipinski definition) is 2. The first-order valence-corrected chi connectivity index (χ1v) is 6.39. The predicted molar refractivity (Wildman–Crippen MR) is 67.7 cm³/mol. The van der Waals surface area contributed by atoms with Crippen LogP contribution in [0.25, 0.3) is 0 Å². The van der Waals surface area contributed by atoms with Gasteiger partial charge in [0.1, 0.15) is 5.75 Å². The van der Waals surface area contributed by atoms with Crippen molar-refractivity contribution in [1.29, 1.82) is 0 Å². The Morgan fingerprint density at radius 2 is 2.06 bits per heavy atom. The summed E-state index contributed by atoms with van der Waals surface area (Å²) in [7, 11) is 0. The summed E-state index contributed by atoms with van der Waals surface area (Å²) in [5.41, 5.74) is 0.590. The highest BCUT2D eigenvalue weighted by Crippen LogP contribution is 2.74. The first-order valence-electron chi connectivity index (χ1n) is 6.39. The Morgan fingerprint density at radius 3 is 2.67 bits per heavy atom. The number of hydrogen-bond donors (Lipinski definition) is 1. The molecule has 1 fully saturated rings. The fraction of sp³-hybridized carbons (Fsp3) is 0.533. The standard InChI is InChI=1S/C15H18O3/c1-9-8-18-11-7-5-4-6-10(11)15(9)12(13(16)17)14(15,2)3/h4-7,9,12H,8H2,1-3H3,(H,16,17). The lowest BCUT2D eigenvalue weighted by Gasteiger charge is -2.34. The molecule has 3 heteroatoms. The summed E-state index contributed by atoms with van der Waals surface area (Å²) in [5.74, 6) is 0.0736. The van der Waals surface area contributed by atoms with Gasteiger partial charge in [-0.3, -0.25) is 4.79 Å². The minimum atomic E-state index is -0.691. The van der Waals surface area contributed by atoms with Gasteiger partial charge in [-0.1, -0.05) is 39.0 Å². The van der Waals surface area contributed by atoms with E-state index in [2.05, 4.69) is 20.8 Å². The molecule has 0 amide bonds. The zero-order chi connectivity index (χ0) is 13.1. The second kappa shape index (κ2) is 3.28. The SMILES string of the molecule is CC1COc2ccccc2C12C(C(=O)O)C2(C)C. The van der Waals surface area contributed by atoms with Crippen LogP contribution < -0.4 is 4.74 Å². The number of fused-ring (bicyclic) bond motifs is 2. The smallest absolute Gasteiger partial charge is 0.308 e. The summed E-state index contributed by atoms with van der Waals surface area (Å²) in [5, 5.41) is 9.51. The number of ether oxygens (including phenoxy) is 1. The van der Waals surface area contributed by atoms with Gasteiger partial charge in [0.25, 0.3) is 0 Å². The highest BCUT2D eigenvalue weighted by atomic mass is 16.5. The molecule has 1 aliphatic carbocycles. The van der Waals surface area contributed by atoms with E-state index in [0.29, 0.717) is 6.61 Å². The van der Waals surface area contributed by atoms with Crippen LogP contribution in [0.2, 0.25) is 0 Å². The van der Waals surface area contributed by atoms with Gasteiger partial charge in [-0.05, 0) is 11.5 Å². The van der Waals surface area contributed by atoms with E-state index in [1.54, 1.807) is 0 Å². The van der Waals surface area contributed by atoms with Crippen LogP contribution in [-0.2, 0) is 10.2 Å². The average molecular weight is 246 g/mol. The van der Waals surface area contributed by atoms with E-state index in [0.717, 1.165) is 11.3 Å². The van der Waals surface area contributed by atoms with E-state index >= 15 is 0 Å². The Kier molecular flexibility index (Phi) is 2.11. The molecule has 0 bridgehead atoms. The monoisotopic (exact) mass is 246 g/mol. The minimum absolute atomic E-state index is 0.210. The van der Waals surface area contributed by atoms with Gasteiger partial charge in [0.2, 0.25) is 0 Å². The van der Waals surface area contributed by atoms with Gasteiger partial charge in [-0.25, -0.2) is 0 Å². The topological polar surface area (TPSA) is 46.5 Å². The molecule has 1 heterocycles. The molecule has 1 N–H and O–H groups in total. The van der Waals surface area contributed by atoms with Gasteiger partial charge in [0, 0.05) is 16.9 Å². The summed E-state index contributed by atoms with van der Waals surface area (Å²) in [6.07, 6.45) is 0. The molecule has 1 spiro atoms.